The van der Waals surface area contributed by atoms with E-state index >= 15 is 0 Å². The molecule has 0 saturated carbocycles. The summed E-state index contributed by atoms with van der Waals surface area (Å²) in [6, 6.07) is 0.305. The number of aryl methyl sites for hydroxylation is 1. The van der Waals surface area contributed by atoms with Crippen LogP contribution in [0.4, 0.5) is 0 Å². The summed E-state index contributed by atoms with van der Waals surface area (Å²) in [5, 5.41) is 15.1. The standard InChI is InChI=1S/C23H37N7/c1-4-5-6-7-8-23(21-18-26-27-19(21)2)24-11-9-20-17-25-28-22(20)10-12-30-15-13-29(3)14-16-30/h7-12,17-18,20,22-24,28H,4-6,13-16H2,1-3H3,(H,26,27)/b8-7+,11-9+,12-10+. The highest BCUT2D eigenvalue weighted by Gasteiger charge is 2.20. The number of aromatic amines is 1. The molecule has 7 nitrogen and oxygen atoms in total. The first-order valence-electron chi connectivity index (χ1n) is 11.2. The topological polar surface area (TPSA) is 71.6 Å². The molecule has 1 fully saturated rings. The van der Waals surface area contributed by atoms with Gasteiger partial charge in [-0.15, -0.1) is 0 Å². The van der Waals surface area contributed by atoms with E-state index in [9.17, 15) is 0 Å². The molecular weight excluding hydrogens is 374 g/mol. The molecule has 0 spiro atoms. The molecular formula is C23H37N7. The Morgan fingerprint density at radius 2 is 2.10 bits per heavy atom. The fraction of sp³-hybridized carbons (Fsp3) is 0.565. The van der Waals surface area contributed by atoms with E-state index in [-0.39, 0.29) is 18.0 Å². The first-order valence-corrected chi connectivity index (χ1v) is 11.2. The minimum Gasteiger partial charge on any atom is -0.381 e. The SMILES string of the molecule is CCCC/C=C/C(N/C=C/C1C=NNC1/C=C/N1CCN(C)CC1)c1cn[nH]c1C. The smallest absolute Gasteiger partial charge is 0.0750 e. The maximum atomic E-state index is 4.29. The first kappa shape index (κ1) is 22.2. The second-order valence-electron chi connectivity index (χ2n) is 8.22. The van der Waals surface area contributed by atoms with E-state index in [0.29, 0.717) is 0 Å². The molecule has 0 radical (unpaired) electrons. The molecule has 1 aromatic heterocycles. The van der Waals surface area contributed by atoms with Crippen molar-refractivity contribution in [3.8, 4) is 0 Å². The molecule has 0 aromatic carbocycles. The number of hydrogen-bond donors (Lipinski definition) is 3. The number of hydrazone groups is 1. The molecule has 1 saturated heterocycles. The van der Waals surface area contributed by atoms with Gasteiger partial charge in [-0.1, -0.05) is 38.0 Å². The minimum absolute atomic E-state index is 0.113. The number of hydrogen-bond acceptors (Lipinski definition) is 6. The lowest BCUT2D eigenvalue weighted by Gasteiger charge is -2.31. The van der Waals surface area contributed by atoms with E-state index in [4.69, 9.17) is 0 Å². The van der Waals surface area contributed by atoms with Crippen LogP contribution < -0.4 is 10.7 Å². The molecule has 0 bridgehead atoms. The van der Waals surface area contributed by atoms with Crippen LogP contribution in [-0.2, 0) is 0 Å². The van der Waals surface area contributed by atoms with Gasteiger partial charge in [0.2, 0.25) is 0 Å². The molecule has 0 aliphatic carbocycles. The van der Waals surface area contributed by atoms with Gasteiger partial charge in [-0.05, 0) is 38.9 Å². The molecule has 3 N–H and O–H groups in total. The van der Waals surface area contributed by atoms with Gasteiger partial charge >= 0.3 is 0 Å². The minimum atomic E-state index is 0.113. The first-order chi connectivity index (χ1) is 14.7. The third-order valence-electron chi connectivity index (χ3n) is 5.78. The van der Waals surface area contributed by atoms with Crippen LogP contribution in [0.1, 0.15) is 43.5 Å². The monoisotopic (exact) mass is 411 g/mol. The zero-order valence-electron chi connectivity index (χ0n) is 18.6. The Bertz CT molecular complexity index is 740. The highest BCUT2D eigenvalue weighted by molar-refractivity contribution is 5.66. The van der Waals surface area contributed by atoms with Crippen molar-refractivity contribution < 1.29 is 0 Å². The third-order valence-corrected chi connectivity index (χ3v) is 5.78. The lowest BCUT2D eigenvalue weighted by Crippen LogP contribution is -2.42. The second kappa shape index (κ2) is 11.6. The number of aromatic nitrogens is 2. The summed E-state index contributed by atoms with van der Waals surface area (Å²) in [6.45, 7) is 8.68. The Kier molecular flexibility index (Phi) is 8.56. The van der Waals surface area contributed by atoms with Gasteiger partial charge in [-0.2, -0.15) is 10.2 Å². The zero-order valence-corrected chi connectivity index (χ0v) is 18.6. The number of likely N-dealkylation sites (N-methyl/N-ethyl adjacent to an activating group) is 1. The van der Waals surface area contributed by atoms with E-state index in [1.165, 1.54) is 18.4 Å². The molecule has 7 heteroatoms. The number of nitrogens with one attached hydrogen (secondary N) is 3. The second-order valence-corrected chi connectivity index (χ2v) is 8.22. The highest BCUT2D eigenvalue weighted by Crippen LogP contribution is 2.18. The largest absolute Gasteiger partial charge is 0.381 e. The van der Waals surface area contributed by atoms with Gasteiger partial charge in [-0.25, -0.2) is 0 Å². The molecule has 2 aliphatic rings. The van der Waals surface area contributed by atoms with E-state index in [1.54, 1.807) is 0 Å². The van der Waals surface area contributed by atoms with Crippen LogP contribution in [0.2, 0.25) is 0 Å². The number of nitrogens with zero attached hydrogens (tertiary/aromatic N) is 4. The van der Waals surface area contributed by atoms with Gasteiger partial charge in [0.15, 0.2) is 0 Å². The maximum Gasteiger partial charge on any atom is 0.0750 e. The third kappa shape index (κ3) is 6.49. The lowest BCUT2D eigenvalue weighted by molar-refractivity contribution is 0.198. The van der Waals surface area contributed by atoms with E-state index in [2.05, 4.69) is 93.4 Å². The molecule has 3 unspecified atom stereocenters. The molecule has 30 heavy (non-hydrogen) atoms. The van der Waals surface area contributed by atoms with Crippen LogP contribution in [0, 0.1) is 12.8 Å². The number of allylic oxidation sites excluding steroid dienone is 1. The van der Waals surface area contributed by atoms with Crippen molar-refractivity contribution in [2.75, 3.05) is 33.2 Å². The Labute approximate surface area is 181 Å². The maximum absolute atomic E-state index is 4.29. The van der Waals surface area contributed by atoms with Gasteiger partial charge in [-0.3, -0.25) is 5.10 Å². The van der Waals surface area contributed by atoms with Crippen molar-refractivity contribution >= 4 is 6.21 Å². The number of H-pyrrole nitrogens is 1. The van der Waals surface area contributed by atoms with Crippen molar-refractivity contribution in [1.82, 2.24) is 30.7 Å². The Morgan fingerprint density at radius 1 is 1.27 bits per heavy atom. The normalized spacial score (nSPS) is 23.8. The average Bonchev–Trinajstić information content (AvgIpc) is 3.38. The summed E-state index contributed by atoms with van der Waals surface area (Å²) >= 11 is 0. The van der Waals surface area contributed by atoms with Gasteiger partial charge in [0.1, 0.15) is 0 Å². The molecule has 164 valence electrons. The average molecular weight is 412 g/mol. The number of unbranched alkanes of at least 4 members (excludes halogenated alkanes) is 2. The quantitative estimate of drug-likeness (QED) is 0.408. The predicted molar refractivity (Wildman–Crippen MR) is 124 cm³/mol. The fourth-order valence-corrected chi connectivity index (χ4v) is 3.67. The summed E-state index contributed by atoms with van der Waals surface area (Å²) in [7, 11) is 2.18. The van der Waals surface area contributed by atoms with Crippen molar-refractivity contribution in [1.29, 1.82) is 0 Å². The number of piperazine rings is 1. The van der Waals surface area contributed by atoms with Crippen LogP contribution in [0.15, 0.2) is 48.0 Å². The van der Waals surface area contributed by atoms with Crippen molar-refractivity contribution in [2.24, 2.45) is 11.0 Å². The van der Waals surface area contributed by atoms with Crippen molar-refractivity contribution in [2.45, 2.75) is 45.2 Å². The molecule has 1 aromatic rings. The molecule has 3 atom stereocenters. The van der Waals surface area contributed by atoms with Crippen LogP contribution in [0.3, 0.4) is 0 Å². The summed E-state index contributed by atoms with van der Waals surface area (Å²) < 4.78 is 0. The molecule has 0 amide bonds. The summed E-state index contributed by atoms with van der Waals surface area (Å²) in [6.07, 6.45) is 20.6. The van der Waals surface area contributed by atoms with E-state index in [0.717, 1.165) is 38.3 Å². The van der Waals surface area contributed by atoms with Crippen LogP contribution in [0.25, 0.3) is 0 Å². The lowest BCUT2D eigenvalue weighted by atomic mass is 10.0. The molecule has 3 rings (SSSR count). The summed E-state index contributed by atoms with van der Waals surface area (Å²) in [5.74, 6) is 0.233. The van der Waals surface area contributed by atoms with Gasteiger partial charge in [0, 0.05) is 49.6 Å². The summed E-state index contributed by atoms with van der Waals surface area (Å²) in [5.41, 5.74) is 5.49. The van der Waals surface area contributed by atoms with Crippen LogP contribution in [-0.4, -0.2) is 65.5 Å². The zero-order chi connectivity index (χ0) is 21.2. The number of rotatable bonds is 10. The van der Waals surface area contributed by atoms with Gasteiger partial charge in [0.25, 0.3) is 0 Å². The van der Waals surface area contributed by atoms with Gasteiger partial charge < -0.3 is 20.5 Å². The Balaban J connectivity index is 1.56. The summed E-state index contributed by atoms with van der Waals surface area (Å²) in [4.78, 5) is 4.76. The van der Waals surface area contributed by atoms with E-state index < -0.39 is 0 Å². The Hall–Kier alpha value is -2.54. The highest BCUT2D eigenvalue weighted by atomic mass is 15.3. The van der Waals surface area contributed by atoms with Gasteiger partial charge in [0.05, 0.1) is 18.3 Å². The van der Waals surface area contributed by atoms with Crippen LogP contribution >= 0.6 is 0 Å². The molecule has 3 heterocycles. The Morgan fingerprint density at radius 3 is 2.83 bits per heavy atom. The predicted octanol–water partition coefficient (Wildman–Crippen LogP) is 2.94. The fourth-order valence-electron chi connectivity index (χ4n) is 3.67. The van der Waals surface area contributed by atoms with E-state index in [1.807, 2.05) is 12.4 Å². The molecule has 2 aliphatic heterocycles. The van der Waals surface area contributed by atoms with Crippen molar-refractivity contribution in [3.63, 3.8) is 0 Å². The van der Waals surface area contributed by atoms with Crippen LogP contribution in [0.5, 0.6) is 0 Å². The van der Waals surface area contributed by atoms with Crippen molar-refractivity contribution in [3.05, 3.63) is 54.2 Å².